The SMILES string of the molecule is O=C(N[C@H]1C[C@H]2CC[C@H]1C2)c1ccc(NS(=O)(=O)c2ccc(Cl)cc2)cc1. The highest BCUT2D eigenvalue weighted by molar-refractivity contribution is 7.92. The number of hydrogen-bond donors (Lipinski definition) is 2. The van der Waals surface area contributed by atoms with Gasteiger partial charge in [0.1, 0.15) is 0 Å². The maximum Gasteiger partial charge on any atom is 0.261 e. The van der Waals surface area contributed by atoms with Gasteiger partial charge in [0.05, 0.1) is 4.90 Å². The van der Waals surface area contributed by atoms with Crippen molar-refractivity contribution >= 4 is 33.2 Å². The average Bonchev–Trinajstić information content (AvgIpc) is 3.25. The zero-order valence-electron chi connectivity index (χ0n) is 14.7. The molecule has 7 heteroatoms. The molecule has 2 bridgehead atoms. The quantitative estimate of drug-likeness (QED) is 0.789. The number of anilines is 1. The van der Waals surface area contributed by atoms with Crippen molar-refractivity contribution in [1.29, 1.82) is 0 Å². The fourth-order valence-corrected chi connectivity index (χ4v) is 5.38. The van der Waals surface area contributed by atoms with Crippen molar-refractivity contribution in [2.75, 3.05) is 4.72 Å². The molecule has 3 atom stereocenters. The molecule has 0 aliphatic heterocycles. The summed E-state index contributed by atoms with van der Waals surface area (Å²) in [6.07, 6.45) is 4.81. The van der Waals surface area contributed by atoms with Crippen LogP contribution in [0.4, 0.5) is 5.69 Å². The van der Waals surface area contributed by atoms with Gasteiger partial charge in [0.2, 0.25) is 0 Å². The van der Waals surface area contributed by atoms with Gasteiger partial charge in [-0.2, -0.15) is 0 Å². The summed E-state index contributed by atoms with van der Waals surface area (Å²) in [6.45, 7) is 0. The summed E-state index contributed by atoms with van der Waals surface area (Å²) in [5.74, 6) is 1.29. The second-order valence-corrected chi connectivity index (χ2v) is 9.51. The minimum atomic E-state index is -3.70. The van der Waals surface area contributed by atoms with Crippen molar-refractivity contribution in [3.8, 4) is 0 Å². The molecular formula is C20H21ClN2O3S. The Morgan fingerprint density at radius 3 is 2.26 bits per heavy atom. The molecule has 0 saturated heterocycles. The van der Waals surface area contributed by atoms with Gasteiger partial charge in [-0.1, -0.05) is 18.0 Å². The fourth-order valence-electron chi connectivity index (χ4n) is 4.19. The highest BCUT2D eigenvalue weighted by atomic mass is 35.5. The molecule has 0 spiro atoms. The Labute approximate surface area is 164 Å². The molecule has 0 heterocycles. The molecule has 4 rings (SSSR count). The van der Waals surface area contributed by atoms with Crippen molar-refractivity contribution in [3.63, 3.8) is 0 Å². The fraction of sp³-hybridized carbons (Fsp3) is 0.350. The maximum absolute atomic E-state index is 12.5. The van der Waals surface area contributed by atoms with Crippen LogP contribution in [-0.4, -0.2) is 20.4 Å². The van der Waals surface area contributed by atoms with E-state index in [-0.39, 0.29) is 16.8 Å². The Morgan fingerprint density at radius 1 is 0.963 bits per heavy atom. The number of carbonyl (C=O) groups is 1. The molecule has 1 amide bonds. The van der Waals surface area contributed by atoms with E-state index < -0.39 is 10.0 Å². The second-order valence-electron chi connectivity index (χ2n) is 7.39. The van der Waals surface area contributed by atoms with Crippen LogP contribution in [0.2, 0.25) is 5.02 Å². The standard InChI is InChI=1S/C20H21ClN2O3S/c21-16-5-9-18(10-6-16)27(25,26)23-17-7-3-14(4-8-17)20(24)22-19-12-13-1-2-15(19)11-13/h3-10,13,15,19,23H,1-2,11-12H2,(H,22,24)/t13-,15-,19-/m0/s1. The third kappa shape index (κ3) is 3.96. The molecule has 0 radical (unpaired) electrons. The van der Waals surface area contributed by atoms with Gasteiger partial charge in [-0.15, -0.1) is 0 Å². The monoisotopic (exact) mass is 404 g/mol. The lowest BCUT2D eigenvalue weighted by molar-refractivity contribution is 0.0923. The van der Waals surface area contributed by atoms with Gasteiger partial charge in [0.25, 0.3) is 15.9 Å². The number of carbonyl (C=O) groups excluding carboxylic acids is 1. The lowest BCUT2D eigenvalue weighted by Crippen LogP contribution is -2.38. The van der Waals surface area contributed by atoms with Crippen LogP contribution >= 0.6 is 11.6 Å². The number of nitrogens with one attached hydrogen (secondary N) is 2. The van der Waals surface area contributed by atoms with Gasteiger partial charge in [-0.25, -0.2) is 8.42 Å². The number of sulfonamides is 1. The number of amides is 1. The predicted molar refractivity (Wildman–Crippen MR) is 105 cm³/mol. The number of halogens is 1. The second kappa shape index (κ2) is 7.17. The van der Waals surface area contributed by atoms with Crippen LogP contribution in [-0.2, 0) is 10.0 Å². The van der Waals surface area contributed by atoms with Crippen molar-refractivity contribution < 1.29 is 13.2 Å². The van der Waals surface area contributed by atoms with Gasteiger partial charge < -0.3 is 5.32 Å². The largest absolute Gasteiger partial charge is 0.349 e. The van der Waals surface area contributed by atoms with Crippen LogP contribution in [0.1, 0.15) is 36.0 Å². The first kappa shape index (κ1) is 18.3. The number of benzene rings is 2. The molecule has 2 saturated carbocycles. The Morgan fingerprint density at radius 2 is 1.67 bits per heavy atom. The topological polar surface area (TPSA) is 75.3 Å². The van der Waals surface area contributed by atoms with E-state index >= 15 is 0 Å². The number of fused-ring (bicyclic) bond motifs is 2. The summed E-state index contributed by atoms with van der Waals surface area (Å²) in [7, 11) is -3.70. The lowest BCUT2D eigenvalue weighted by atomic mass is 9.95. The Bertz CT molecular complexity index is 942. The summed E-state index contributed by atoms with van der Waals surface area (Å²) < 4.78 is 27.3. The van der Waals surface area contributed by atoms with E-state index in [0.717, 1.165) is 12.3 Å². The maximum atomic E-state index is 12.5. The van der Waals surface area contributed by atoms with E-state index in [1.54, 1.807) is 24.3 Å². The van der Waals surface area contributed by atoms with Crippen molar-refractivity contribution in [1.82, 2.24) is 5.32 Å². The first-order chi connectivity index (χ1) is 12.9. The molecule has 0 aromatic heterocycles. The molecule has 2 fully saturated rings. The van der Waals surface area contributed by atoms with Crippen LogP contribution < -0.4 is 10.0 Å². The molecule has 5 nitrogen and oxygen atoms in total. The highest BCUT2D eigenvalue weighted by Gasteiger charge is 2.40. The molecule has 2 aliphatic rings. The molecule has 2 aromatic rings. The first-order valence-corrected chi connectivity index (χ1v) is 11.0. The van der Waals surface area contributed by atoms with Crippen molar-refractivity contribution in [2.24, 2.45) is 11.8 Å². The highest BCUT2D eigenvalue weighted by Crippen LogP contribution is 2.44. The van der Waals surface area contributed by atoms with Crippen LogP contribution in [0.5, 0.6) is 0 Å². The average molecular weight is 405 g/mol. The normalized spacial score (nSPS) is 24.0. The molecule has 27 heavy (non-hydrogen) atoms. The van der Waals surface area contributed by atoms with E-state index in [4.69, 9.17) is 11.6 Å². The zero-order chi connectivity index (χ0) is 19.0. The molecular weight excluding hydrogens is 384 g/mol. The zero-order valence-corrected chi connectivity index (χ0v) is 16.3. The first-order valence-electron chi connectivity index (χ1n) is 9.10. The predicted octanol–water partition coefficient (Wildman–Crippen LogP) is 4.06. The number of hydrogen-bond acceptors (Lipinski definition) is 3. The smallest absolute Gasteiger partial charge is 0.261 e. The Kier molecular flexibility index (Phi) is 4.86. The van der Waals surface area contributed by atoms with Crippen molar-refractivity contribution in [3.05, 3.63) is 59.1 Å². The van der Waals surface area contributed by atoms with Gasteiger partial charge in [0.15, 0.2) is 0 Å². The van der Waals surface area contributed by atoms with E-state index in [0.29, 0.717) is 22.2 Å². The molecule has 2 N–H and O–H groups in total. The molecule has 2 aliphatic carbocycles. The van der Waals surface area contributed by atoms with Crippen LogP contribution in [0.25, 0.3) is 0 Å². The minimum absolute atomic E-state index is 0.0975. The van der Waals surface area contributed by atoms with E-state index in [9.17, 15) is 13.2 Å². The summed E-state index contributed by atoms with van der Waals surface area (Å²) in [5.41, 5.74) is 0.939. The van der Waals surface area contributed by atoms with E-state index in [1.165, 1.54) is 43.5 Å². The van der Waals surface area contributed by atoms with Gasteiger partial charge >= 0.3 is 0 Å². The van der Waals surface area contributed by atoms with Crippen molar-refractivity contribution in [2.45, 2.75) is 36.6 Å². The third-order valence-electron chi connectivity index (χ3n) is 5.58. The summed E-state index contributed by atoms with van der Waals surface area (Å²) >= 11 is 5.80. The summed E-state index contributed by atoms with van der Waals surface area (Å²) in [4.78, 5) is 12.6. The van der Waals surface area contributed by atoms with E-state index in [1.807, 2.05) is 0 Å². The summed E-state index contributed by atoms with van der Waals surface area (Å²) in [5, 5.41) is 3.61. The van der Waals surface area contributed by atoms with E-state index in [2.05, 4.69) is 10.0 Å². The number of rotatable bonds is 5. The molecule has 142 valence electrons. The third-order valence-corrected chi connectivity index (χ3v) is 7.23. The Balaban J connectivity index is 1.41. The summed E-state index contributed by atoms with van der Waals surface area (Å²) in [6, 6.07) is 12.7. The van der Waals surface area contributed by atoms with Crippen LogP contribution in [0.15, 0.2) is 53.4 Å². The van der Waals surface area contributed by atoms with Gasteiger partial charge in [-0.05, 0) is 79.6 Å². The van der Waals surface area contributed by atoms with Crippen LogP contribution in [0, 0.1) is 11.8 Å². The lowest BCUT2D eigenvalue weighted by Gasteiger charge is -2.22. The minimum Gasteiger partial charge on any atom is -0.349 e. The molecule has 2 aromatic carbocycles. The Hall–Kier alpha value is -2.05. The van der Waals surface area contributed by atoms with Gasteiger partial charge in [-0.3, -0.25) is 9.52 Å². The van der Waals surface area contributed by atoms with Crippen LogP contribution in [0.3, 0.4) is 0 Å². The molecule has 0 unspecified atom stereocenters. The van der Waals surface area contributed by atoms with Gasteiger partial charge in [0, 0.05) is 22.3 Å².